The van der Waals surface area contributed by atoms with Crippen molar-refractivity contribution in [2.75, 3.05) is 32.7 Å². The Labute approximate surface area is 127 Å². The molecule has 1 aromatic carbocycles. The molecule has 1 amide bonds. The number of nitrogens with two attached hydrogens (primary N) is 1. The van der Waals surface area contributed by atoms with Crippen molar-refractivity contribution in [3.05, 3.63) is 35.9 Å². The van der Waals surface area contributed by atoms with Crippen LogP contribution in [0.3, 0.4) is 0 Å². The van der Waals surface area contributed by atoms with Crippen molar-refractivity contribution < 1.29 is 4.79 Å². The first-order chi connectivity index (χ1) is 10.1. The van der Waals surface area contributed by atoms with Crippen LogP contribution in [0.1, 0.15) is 19.4 Å². The molecule has 1 atom stereocenters. The van der Waals surface area contributed by atoms with Gasteiger partial charge in [-0.3, -0.25) is 9.69 Å². The first-order valence-electron chi connectivity index (χ1n) is 7.88. The molecule has 1 aliphatic heterocycles. The number of carbonyl (C=O) groups excluding carboxylic acids is 1. The van der Waals surface area contributed by atoms with Crippen LogP contribution < -0.4 is 5.73 Å². The molecule has 1 aromatic rings. The monoisotopic (exact) mass is 289 g/mol. The number of hydrogen-bond donors (Lipinski definition) is 1. The number of rotatable bonds is 5. The SMILES string of the molecule is CC(C)[C@H](N)C(=O)N1CCN(CCc2ccccc2)CC1. The highest BCUT2D eigenvalue weighted by Crippen LogP contribution is 2.09. The summed E-state index contributed by atoms with van der Waals surface area (Å²) in [7, 11) is 0. The van der Waals surface area contributed by atoms with Gasteiger partial charge in [-0.1, -0.05) is 44.2 Å². The van der Waals surface area contributed by atoms with Crippen LogP contribution in [0.4, 0.5) is 0 Å². The van der Waals surface area contributed by atoms with E-state index in [2.05, 4.69) is 29.2 Å². The first kappa shape index (κ1) is 16.0. The van der Waals surface area contributed by atoms with Crippen LogP contribution in [-0.4, -0.2) is 54.5 Å². The summed E-state index contributed by atoms with van der Waals surface area (Å²) < 4.78 is 0. The van der Waals surface area contributed by atoms with E-state index in [4.69, 9.17) is 5.73 Å². The number of nitrogens with zero attached hydrogens (tertiary/aromatic N) is 2. The standard InChI is InChI=1S/C17H27N3O/c1-14(2)16(18)17(21)20-12-10-19(11-13-20)9-8-15-6-4-3-5-7-15/h3-7,14,16H,8-13,18H2,1-2H3/t16-/m0/s1. The third-order valence-corrected chi connectivity index (χ3v) is 4.25. The van der Waals surface area contributed by atoms with Gasteiger partial charge in [-0.15, -0.1) is 0 Å². The molecule has 1 heterocycles. The van der Waals surface area contributed by atoms with E-state index in [1.54, 1.807) is 0 Å². The molecular formula is C17H27N3O. The van der Waals surface area contributed by atoms with Gasteiger partial charge in [-0.2, -0.15) is 0 Å². The molecule has 4 heteroatoms. The minimum Gasteiger partial charge on any atom is -0.339 e. The second-order valence-corrected chi connectivity index (χ2v) is 6.17. The normalized spacial score (nSPS) is 18.0. The second-order valence-electron chi connectivity index (χ2n) is 6.17. The van der Waals surface area contributed by atoms with E-state index < -0.39 is 0 Å². The Balaban J connectivity index is 1.74. The average Bonchev–Trinajstić information content (AvgIpc) is 2.53. The zero-order valence-corrected chi connectivity index (χ0v) is 13.2. The van der Waals surface area contributed by atoms with Gasteiger partial charge in [0, 0.05) is 32.7 Å². The Bertz CT molecular complexity index is 439. The smallest absolute Gasteiger partial charge is 0.239 e. The molecule has 0 bridgehead atoms. The summed E-state index contributed by atoms with van der Waals surface area (Å²) in [5.74, 6) is 0.307. The molecule has 116 valence electrons. The molecule has 1 saturated heterocycles. The molecule has 4 nitrogen and oxygen atoms in total. The molecule has 0 aliphatic carbocycles. The van der Waals surface area contributed by atoms with Crippen molar-refractivity contribution in [2.45, 2.75) is 26.3 Å². The lowest BCUT2D eigenvalue weighted by Gasteiger charge is -2.36. The number of carbonyl (C=O) groups is 1. The predicted molar refractivity (Wildman–Crippen MR) is 86.0 cm³/mol. The molecule has 0 radical (unpaired) electrons. The molecule has 1 aliphatic rings. The number of piperazine rings is 1. The zero-order valence-electron chi connectivity index (χ0n) is 13.2. The van der Waals surface area contributed by atoms with E-state index in [0.29, 0.717) is 0 Å². The van der Waals surface area contributed by atoms with Crippen LogP contribution in [0.15, 0.2) is 30.3 Å². The lowest BCUT2D eigenvalue weighted by Crippen LogP contribution is -2.54. The van der Waals surface area contributed by atoms with Crippen molar-refractivity contribution in [3.63, 3.8) is 0 Å². The Morgan fingerprint density at radius 2 is 1.76 bits per heavy atom. The summed E-state index contributed by atoms with van der Waals surface area (Å²) in [5.41, 5.74) is 7.33. The number of hydrogen-bond acceptors (Lipinski definition) is 3. The maximum Gasteiger partial charge on any atom is 0.239 e. The van der Waals surface area contributed by atoms with Gasteiger partial charge in [-0.05, 0) is 17.9 Å². The fourth-order valence-corrected chi connectivity index (χ4v) is 2.62. The highest BCUT2D eigenvalue weighted by Gasteiger charge is 2.26. The summed E-state index contributed by atoms with van der Waals surface area (Å²) in [4.78, 5) is 16.6. The molecule has 0 unspecified atom stereocenters. The summed E-state index contributed by atoms with van der Waals surface area (Å²) in [6.07, 6.45) is 1.07. The summed E-state index contributed by atoms with van der Waals surface area (Å²) in [6, 6.07) is 10.2. The molecular weight excluding hydrogens is 262 g/mol. The van der Waals surface area contributed by atoms with Gasteiger partial charge >= 0.3 is 0 Å². The van der Waals surface area contributed by atoms with Crippen LogP contribution in [0, 0.1) is 5.92 Å². The van der Waals surface area contributed by atoms with Gasteiger partial charge in [0.25, 0.3) is 0 Å². The third-order valence-electron chi connectivity index (χ3n) is 4.25. The van der Waals surface area contributed by atoms with Crippen LogP contribution in [0.2, 0.25) is 0 Å². The van der Waals surface area contributed by atoms with Crippen LogP contribution in [0.25, 0.3) is 0 Å². The van der Waals surface area contributed by atoms with Crippen LogP contribution >= 0.6 is 0 Å². The fraction of sp³-hybridized carbons (Fsp3) is 0.588. The van der Waals surface area contributed by atoms with Gasteiger partial charge in [0.05, 0.1) is 6.04 Å². The maximum absolute atomic E-state index is 12.2. The summed E-state index contributed by atoms with van der Waals surface area (Å²) in [5, 5.41) is 0. The van der Waals surface area contributed by atoms with E-state index in [-0.39, 0.29) is 17.9 Å². The topological polar surface area (TPSA) is 49.6 Å². The minimum absolute atomic E-state index is 0.104. The van der Waals surface area contributed by atoms with E-state index in [9.17, 15) is 4.79 Å². The van der Waals surface area contributed by atoms with Gasteiger partial charge in [-0.25, -0.2) is 0 Å². The molecule has 0 aromatic heterocycles. The molecule has 0 saturated carbocycles. The molecule has 2 N–H and O–H groups in total. The van der Waals surface area contributed by atoms with Gasteiger partial charge < -0.3 is 10.6 Å². The Kier molecular flexibility index (Phi) is 5.76. The maximum atomic E-state index is 12.2. The third kappa shape index (κ3) is 4.55. The zero-order chi connectivity index (χ0) is 15.2. The van der Waals surface area contributed by atoms with E-state index in [0.717, 1.165) is 39.1 Å². The highest BCUT2D eigenvalue weighted by molar-refractivity contribution is 5.82. The second kappa shape index (κ2) is 7.57. The molecule has 1 fully saturated rings. The van der Waals surface area contributed by atoms with E-state index >= 15 is 0 Å². The highest BCUT2D eigenvalue weighted by atomic mass is 16.2. The van der Waals surface area contributed by atoms with Crippen LogP contribution in [-0.2, 0) is 11.2 Å². The lowest BCUT2D eigenvalue weighted by atomic mass is 10.0. The van der Waals surface area contributed by atoms with Gasteiger partial charge in [0.15, 0.2) is 0 Å². The van der Waals surface area contributed by atoms with Crippen molar-refractivity contribution in [2.24, 2.45) is 11.7 Å². The minimum atomic E-state index is -0.360. The van der Waals surface area contributed by atoms with Gasteiger partial charge in [0.1, 0.15) is 0 Å². The van der Waals surface area contributed by atoms with E-state index in [1.807, 2.05) is 24.8 Å². The van der Waals surface area contributed by atoms with Crippen molar-refractivity contribution >= 4 is 5.91 Å². The first-order valence-corrected chi connectivity index (χ1v) is 7.88. The average molecular weight is 289 g/mol. The fourth-order valence-electron chi connectivity index (χ4n) is 2.62. The van der Waals surface area contributed by atoms with E-state index in [1.165, 1.54) is 5.56 Å². The number of amides is 1. The quantitative estimate of drug-likeness (QED) is 0.890. The van der Waals surface area contributed by atoms with Crippen LogP contribution in [0.5, 0.6) is 0 Å². The summed E-state index contributed by atoms with van der Waals surface area (Å²) in [6.45, 7) is 8.55. The van der Waals surface area contributed by atoms with Crippen molar-refractivity contribution in [3.8, 4) is 0 Å². The largest absolute Gasteiger partial charge is 0.339 e. The van der Waals surface area contributed by atoms with Gasteiger partial charge in [0.2, 0.25) is 5.91 Å². The molecule has 21 heavy (non-hydrogen) atoms. The lowest BCUT2D eigenvalue weighted by molar-refractivity contribution is -0.135. The Hall–Kier alpha value is -1.39. The molecule has 0 spiro atoms. The van der Waals surface area contributed by atoms with Crippen molar-refractivity contribution in [1.29, 1.82) is 0 Å². The Morgan fingerprint density at radius 3 is 2.33 bits per heavy atom. The Morgan fingerprint density at radius 1 is 1.14 bits per heavy atom. The predicted octanol–water partition coefficient (Wildman–Crippen LogP) is 1.36. The summed E-state index contributed by atoms with van der Waals surface area (Å²) >= 11 is 0. The van der Waals surface area contributed by atoms with Crippen molar-refractivity contribution in [1.82, 2.24) is 9.80 Å². The molecule has 2 rings (SSSR count). The number of benzene rings is 1.